The zero-order chi connectivity index (χ0) is 19.6. The van der Waals surface area contributed by atoms with Crippen LogP contribution in [0.1, 0.15) is 21.5 Å². The van der Waals surface area contributed by atoms with E-state index in [1.54, 1.807) is 42.5 Å². The van der Waals surface area contributed by atoms with E-state index in [9.17, 15) is 14.4 Å². The van der Waals surface area contributed by atoms with Crippen molar-refractivity contribution in [3.8, 4) is 5.75 Å². The van der Waals surface area contributed by atoms with Gasteiger partial charge in [-0.3, -0.25) is 9.59 Å². The van der Waals surface area contributed by atoms with Gasteiger partial charge in [-0.15, -0.1) is 0 Å². The number of amides is 2. The topological polar surface area (TPSA) is 117 Å². The lowest BCUT2D eigenvalue weighted by atomic mass is 10.1. The van der Waals surface area contributed by atoms with Crippen LogP contribution in [0.5, 0.6) is 5.75 Å². The fourth-order valence-corrected chi connectivity index (χ4v) is 2.06. The highest BCUT2D eigenvalue weighted by atomic mass is 16.5. The van der Waals surface area contributed by atoms with Gasteiger partial charge >= 0.3 is 5.97 Å². The molecule has 2 aromatic carbocycles. The summed E-state index contributed by atoms with van der Waals surface area (Å²) >= 11 is 0. The first-order valence-electron chi connectivity index (χ1n) is 8.05. The number of aryl methyl sites for hydroxylation is 1. The second-order valence-electron chi connectivity index (χ2n) is 5.60. The fraction of sp³-hybridized carbons (Fsp3) is 0.158. The summed E-state index contributed by atoms with van der Waals surface area (Å²) in [6.07, 6.45) is 1.42. The molecule has 2 rings (SSSR count). The van der Waals surface area contributed by atoms with E-state index in [2.05, 4.69) is 15.8 Å². The third-order valence-electron chi connectivity index (χ3n) is 3.34. The van der Waals surface area contributed by atoms with Gasteiger partial charge in [-0.2, -0.15) is 5.10 Å². The smallest absolute Gasteiger partial charge is 0.341 e. The van der Waals surface area contributed by atoms with Gasteiger partial charge in [-0.1, -0.05) is 17.7 Å². The van der Waals surface area contributed by atoms with E-state index in [0.717, 1.165) is 5.56 Å². The Morgan fingerprint density at radius 2 is 1.89 bits per heavy atom. The third-order valence-corrected chi connectivity index (χ3v) is 3.34. The summed E-state index contributed by atoms with van der Waals surface area (Å²) in [4.78, 5) is 34.1. The van der Waals surface area contributed by atoms with Crippen molar-refractivity contribution in [3.63, 3.8) is 0 Å². The summed E-state index contributed by atoms with van der Waals surface area (Å²) in [5.74, 6) is -1.45. The van der Waals surface area contributed by atoms with Gasteiger partial charge in [0.25, 0.3) is 11.8 Å². The van der Waals surface area contributed by atoms with Crippen LogP contribution in [-0.2, 0) is 9.59 Å². The molecule has 2 aromatic rings. The number of carboxylic acids is 1. The van der Waals surface area contributed by atoms with E-state index in [1.165, 1.54) is 6.21 Å². The van der Waals surface area contributed by atoms with Crippen LogP contribution < -0.4 is 15.5 Å². The van der Waals surface area contributed by atoms with E-state index in [4.69, 9.17) is 9.84 Å². The normalized spacial score (nSPS) is 10.4. The van der Waals surface area contributed by atoms with Crippen molar-refractivity contribution in [2.75, 3.05) is 13.2 Å². The van der Waals surface area contributed by atoms with Crippen molar-refractivity contribution in [1.29, 1.82) is 0 Å². The van der Waals surface area contributed by atoms with E-state index in [0.29, 0.717) is 16.9 Å². The van der Waals surface area contributed by atoms with Crippen molar-refractivity contribution in [3.05, 3.63) is 65.2 Å². The molecule has 0 spiro atoms. The second kappa shape index (κ2) is 9.71. The van der Waals surface area contributed by atoms with Crippen LogP contribution in [0.15, 0.2) is 53.6 Å². The van der Waals surface area contributed by atoms with Crippen LogP contribution in [0.4, 0.5) is 0 Å². The standard InChI is InChI=1S/C19H19N3O5/c1-13-3-2-4-15(9-13)19(26)20-11-17(23)22-21-10-14-5-7-16(8-6-14)27-12-18(24)25/h2-10H,11-12H2,1H3,(H,20,26)(H,22,23)(H,24,25). The molecule has 27 heavy (non-hydrogen) atoms. The highest BCUT2D eigenvalue weighted by Crippen LogP contribution is 2.10. The van der Waals surface area contributed by atoms with Crippen molar-refractivity contribution in [2.24, 2.45) is 5.10 Å². The summed E-state index contributed by atoms with van der Waals surface area (Å²) in [5, 5.41) is 14.9. The van der Waals surface area contributed by atoms with Crippen LogP contribution in [0.25, 0.3) is 0 Å². The molecule has 0 heterocycles. The van der Waals surface area contributed by atoms with Gasteiger partial charge < -0.3 is 15.2 Å². The van der Waals surface area contributed by atoms with Gasteiger partial charge in [-0.05, 0) is 48.9 Å². The summed E-state index contributed by atoms with van der Waals surface area (Å²) < 4.78 is 5.01. The molecule has 0 atom stereocenters. The molecule has 3 N–H and O–H groups in total. The Balaban J connectivity index is 1.76. The van der Waals surface area contributed by atoms with Crippen molar-refractivity contribution < 1.29 is 24.2 Å². The van der Waals surface area contributed by atoms with E-state index < -0.39 is 18.5 Å². The summed E-state index contributed by atoms with van der Waals surface area (Å²) in [5.41, 5.74) is 4.43. The number of hydrazone groups is 1. The minimum atomic E-state index is -1.06. The molecule has 0 saturated heterocycles. The number of rotatable bonds is 8. The number of nitrogens with one attached hydrogen (secondary N) is 2. The Morgan fingerprint density at radius 1 is 1.15 bits per heavy atom. The number of hydrogen-bond acceptors (Lipinski definition) is 5. The molecular weight excluding hydrogens is 350 g/mol. The van der Waals surface area contributed by atoms with Crippen molar-refractivity contribution in [1.82, 2.24) is 10.7 Å². The van der Waals surface area contributed by atoms with Gasteiger partial charge in [0.2, 0.25) is 0 Å². The average Bonchev–Trinajstić information content (AvgIpc) is 2.65. The fourth-order valence-electron chi connectivity index (χ4n) is 2.06. The maximum absolute atomic E-state index is 11.9. The molecule has 8 heteroatoms. The van der Waals surface area contributed by atoms with Crippen LogP contribution in [-0.4, -0.2) is 42.3 Å². The SMILES string of the molecule is Cc1cccc(C(=O)NCC(=O)NN=Cc2ccc(OCC(=O)O)cc2)c1. The number of aliphatic carboxylic acids is 1. The lowest BCUT2D eigenvalue weighted by molar-refractivity contribution is -0.139. The number of ether oxygens (including phenoxy) is 1. The molecule has 0 aliphatic heterocycles. The molecule has 0 aliphatic carbocycles. The van der Waals surface area contributed by atoms with E-state index in [1.807, 2.05) is 13.0 Å². The monoisotopic (exact) mass is 369 g/mol. The maximum Gasteiger partial charge on any atom is 0.341 e. The maximum atomic E-state index is 11.9. The van der Waals surface area contributed by atoms with Crippen molar-refractivity contribution in [2.45, 2.75) is 6.92 Å². The zero-order valence-electron chi connectivity index (χ0n) is 14.6. The Labute approximate surface area is 155 Å². The molecule has 0 aromatic heterocycles. The first-order valence-corrected chi connectivity index (χ1v) is 8.05. The Morgan fingerprint density at radius 3 is 2.56 bits per heavy atom. The number of hydrogen-bond donors (Lipinski definition) is 3. The number of carbonyl (C=O) groups is 3. The van der Waals surface area contributed by atoms with Crippen molar-refractivity contribution >= 4 is 24.0 Å². The third kappa shape index (κ3) is 6.99. The Kier molecular flexibility index (Phi) is 7.07. The Hall–Kier alpha value is -3.68. The van der Waals surface area contributed by atoms with Gasteiger partial charge in [0, 0.05) is 5.56 Å². The quantitative estimate of drug-likeness (QED) is 0.479. The minimum Gasteiger partial charge on any atom is -0.482 e. The van der Waals surface area contributed by atoms with Crippen LogP contribution in [0.3, 0.4) is 0 Å². The molecule has 0 aliphatic rings. The molecule has 0 bridgehead atoms. The highest BCUT2D eigenvalue weighted by Gasteiger charge is 2.07. The zero-order valence-corrected chi connectivity index (χ0v) is 14.6. The highest BCUT2D eigenvalue weighted by molar-refractivity contribution is 5.96. The van der Waals surface area contributed by atoms with Crippen LogP contribution in [0.2, 0.25) is 0 Å². The predicted octanol–water partition coefficient (Wildman–Crippen LogP) is 1.34. The second-order valence-corrected chi connectivity index (χ2v) is 5.60. The minimum absolute atomic E-state index is 0.202. The van der Waals surface area contributed by atoms with Crippen LogP contribution in [0, 0.1) is 6.92 Å². The number of carboxylic acid groups (broad SMARTS) is 1. The molecule has 0 unspecified atom stereocenters. The molecule has 0 radical (unpaired) electrons. The van der Waals surface area contributed by atoms with Gasteiger partial charge in [0.05, 0.1) is 12.8 Å². The van der Waals surface area contributed by atoms with Gasteiger partial charge in [-0.25, -0.2) is 10.2 Å². The average molecular weight is 369 g/mol. The van der Waals surface area contributed by atoms with E-state index in [-0.39, 0.29) is 12.5 Å². The largest absolute Gasteiger partial charge is 0.482 e. The summed E-state index contributed by atoms with van der Waals surface area (Å²) in [6.45, 7) is 1.26. The molecule has 8 nitrogen and oxygen atoms in total. The lowest BCUT2D eigenvalue weighted by Gasteiger charge is -2.05. The summed E-state index contributed by atoms with van der Waals surface area (Å²) in [7, 11) is 0. The predicted molar refractivity (Wildman–Crippen MR) is 98.8 cm³/mol. The first kappa shape index (κ1) is 19.6. The number of carbonyl (C=O) groups excluding carboxylic acids is 2. The lowest BCUT2D eigenvalue weighted by Crippen LogP contribution is -2.34. The first-order chi connectivity index (χ1) is 12.9. The van der Waals surface area contributed by atoms with Gasteiger partial charge in [0.1, 0.15) is 5.75 Å². The van der Waals surface area contributed by atoms with Crippen LogP contribution >= 0.6 is 0 Å². The Bertz CT molecular complexity index is 847. The number of nitrogens with zero attached hydrogens (tertiary/aromatic N) is 1. The van der Waals surface area contributed by atoms with E-state index >= 15 is 0 Å². The molecule has 0 saturated carbocycles. The molecule has 0 fully saturated rings. The molecule has 2 amide bonds. The van der Waals surface area contributed by atoms with Gasteiger partial charge in [0.15, 0.2) is 6.61 Å². The molecule has 140 valence electrons. The summed E-state index contributed by atoms with van der Waals surface area (Å²) in [6, 6.07) is 13.5. The number of benzene rings is 2. The molecular formula is C19H19N3O5.